The first-order valence-corrected chi connectivity index (χ1v) is 6.47. The van der Waals surface area contributed by atoms with E-state index in [9.17, 15) is 13.2 Å². The Morgan fingerprint density at radius 3 is 2.47 bits per heavy atom. The molecule has 2 N–H and O–H groups in total. The van der Waals surface area contributed by atoms with Crippen molar-refractivity contribution < 1.29 is 17.9 Å². The van der Waals surface area contributed by atoms with Crippen molar-refractivity contribution in [1.82, 2.24) is 0 Å². The normalized spacial score (nSPS) is 21.7. The van der Waals surface area contributed by atoms with E-state index >= 15 is 0 Å². The minimum atomic E-state index is -4.42. The van der Waals surface area contributed by atoms with Crippen LogP contribution in [0.1, 0.15) is 50.3 Å². The Balaban J connectivity index is 2.55. The summed E-state index contributed by atoms with van der Waals surface area (Å²) < 4.78 is 44.9. The fraction of sp³-hybridized carbons (Fsp3) is 0.571. The van der Waals surface area contributed by atoms with Crippen LogP contribution < -0.4 is 10.5 Å². The van der Waals surface area contributed by atoms with Crippen LogP contribution in [0.25, 0.3) is 0 Å². The monoisotopic (exact) mass is 273 g/mol. The number of ether oxygens (including phenoxy) is 1. The van der Waals surface area contributed by atoms with Gasteiger partial charge in [0, 0.05) is 18.0 Å². The maximum absolute atomic E-state index is 13.0. The predicted octanol–water partition coefficient (Wildman–Crippen LogP) is 4.05. The molecule has 0 bridgehead atoms. The summed E-state index contributed by atoms with van der Waals surface area (Å²) in [6.07, 6.45) is -2.59. The molecule has 0 spiro atoms. The molecule has 0 radical (unpaired) electrons. The first kappa shape index (κ1) is 14.2. The van der Waals surface area contributed by atoms with Crippen molar-refractivity contribution in [1.29, 1.82) is 0 Å². The van der Waals surface area contributed by atoms with Crippen molar-refractivity contribution in [3.05, 3.63) is 29.3 Å². The number of halogens is 3. The highest BCUT2D eigenvalue weighted by Crippen LogP contribution is 2.47. The molecule has 0 aliphatic carbocycles. The molecule has 0 unspecified atom stereocenters. The van der Waals surface area contributed by atoms with E-state index < -0.39 is 23.4 Å². The molecule has 1 aromatic rings. The molecule has 5 heteroatoms. The average Bonchev–Trinajstić information content (AvgIpc) is 2.36. The van der Waals surface area contributed by atoms with Crippen LogP contribution in [0.2, 0.25) is 0 Å². The summed E-state index contributed by atoms with van der Waals surface area (Å²) in [5.41, 5.74) is 5.17. The Hall–Kier alpha value is -1.23. The molecule has 0 saturated carbocycles. The summed E-state index contributed by atoms with van der Waals surface area (Å²) in [6, 6.07) is 3.64. The molecule has 0 amide bonds. The van der Waals surface area contributed by atoms with Gasteiger partial charge in [-0.25, -0.2) is 0 Å². The van der Waals surface area contributed by atoms with Gasteiger partial charge in [-0.1, -0.05) is 26.0 Å². The van der Waals surface area contributed by atoms with Gasteiger partial charge in [0.1, 0.15) is 11.4 Å². The van der Waals surface area contributed by atoms with Gasteiger partial charge >= 0.3 is 6.18 Å². The van der Waals surface area contributed by atoms with Crippen LogP contribution in [0.3, 0.4) is 0 Å². The number of fused-ring (bicyclic) bond motifs is 1. The lowest BCUT2D eigenvalue weighted by Gasteiger charge is -2.41. The zero-order valence-electron chi connectivity index (χ0n) is 11.1. The van der Waals surface area contributed by atoms with Crippen LogP contribution in [-0.4, -0.2) is 5.60 Å². The first-order chi connectivity index (χ1) is 8.83. The smallest absolute Gasteiger partial charge is 0.419 e. The van der Waals surface area contributed by atoms with Crippen molar-refractivity contribution >= 4 is 0 Å². The van der Waals surface area contributed by atoms with Gasteiger partial charge in [-0.3, -0.25) is 0 Å². The Morgan fingerprint density at radius 1 is 1.32 bits per heavy atom. The molecule has 2 rings (SSSR count). The SMILES string of the molecule is CCC1(CC)C[C@@H](N)c2cccc(C(F)(F)F)c2O1. The van der Waals surface area contributed by atoms with Crippen LogP contribution in [0.4, 0.5) is 13.2 Å². The predicted molar refractivity (Wildman–Crippen MR) is 66.9 cm³/mol. The van der Waals surface area contributed by atoms with Gasteiger partial charge in [-0.05, 0) is 18.9 Å². The van der Waals surface area contributed by atoms with Crippen molar-refractivity contribution in [3.8, 4) is 5.75 Å². The van der Waals surface area contributed by atoms with Crippen molar-refractivity contribution in [2.75, 3.05) is 0 Å². The highest BCUT2D eigenvalue weighted by Gasteiger charge is 2.43. The van der Waals surface area contributed by atoms with Gasteiger partial charge in [0.15, 0.2) is 0 Å². The molecule has 0 saturated heterocycles. The highest BCUT2D eigenvalue weighted by atomic mass is 19.4. The first-order valence-electron chi connectivity index (χ1n) is 6.47. The van der Waals surface area contributed by atoms with Crippen LogP contribution in [0.5, 0.6) is 5.75 Å². The lowest BCUT2D eigenvalue weighted by atomic mass is 9.83. The Morgan fingerprint density at radius 2 is 1.95 bits per heavy atom. The summed E-state index contributed by atoms with van der Waals surface area (Å²) in [7, 11) is 0. The zero-order chi connectivity index (χ0) is 14.3. The molecule has 106 valence electrons. The molecule has 1 aromatic carbocycles. The third-order valence-electron chi connectivity index (χ3n) is 3.95. The van der Waals surface area contributed by atoms with Gasteiger partial charge in [0.25, 0.3) is 0 Å². The van der Waals surface area contributed by atoms with Gasteiger partial charge in [0.05, 0.1) is 5.56 Å². The summed E-state index contributed by atoms with van der Waals surface area (Å²) in [4.78, 5) is 0. The van der Waals surface area contributed by atoms with Crippen molar-refractivity contribution in [2.24, 2.45) is 5.73 Å². The number of rotatable bonds is 2. The number of hydrogen-bond donors (Lipinski definition) is 1. The Kier molecular flexibility index (Phi) is 3.51. The minimum absolute atomic E-state index is 0.0857. The summed E-state index contributed by atoms with van der Waals surface area (Å²) >= 11 is 0. The minimum Gasteiger partial charge on any atom is -0.486 e. The number of benzene rings is 1. The fourth-order valence-corrected chi connectivity index (χ4v) is 2.64. The second kappa shape index (κ2) is 4.71. The molecule has 1 atom stereocenters. The van der Waals surface area contributed by atoms with Crippen LogP contribution in [0, 0.1) is 0 Å². The van der Waals surface area contributed by atoms with Crippen molar-refractivity contribution in [3.63, 3.8) is 0 Å². The van der Waals surface area contributed by atoms with E-state index in [2.05, 4.69) is 0 Å². The third kappa shape index (κ3) is 2.43. The standard InChI is InChI=1S/C14H18F3NO/c1-3-13(4-2)8-11(18)9-6-5-7-10(12(9)19-13)14(15,16)17/h5-7,11H,3-4,8,18H2,1-2H3/t11-/m1/s1. The summed E-state index contributed by atoms with van der Waals surface area (Å²) in [5.74, 6) is -0.0857. The van der Waals surface area contributed by atoms with Crippen molar-refractivity contribution in [2.45, 2.75) is 50.9 Å². The van der Waals surface area contributed by atoms with E-state index in [0.29, 0.717) is 24.8 Å². The Labute approximate surface area is 110 Å². The van der Waals surface area contributed by atoms with E-state index in [1.54, 1.807) is 6.07 Å². The van der Waals surface area contributed by atoms with E-state index in [4.69, 9.17) is 10.5 Å². The van der Waals surface area contributed by atoms with Crippen LogP contribution in [0.15, 0.2) is 18.2 Å². The maximum Gasteiger partial charge on any atom is 0.419 e. The molecule has 2 nitrogen and oxygen atoms in total. The second-order valence-corrected chi connectivity index (χ2v) is 5.02. The number of hydrogen-bond acceptors (Lipinski definition) is 2. The zero-order valence-corrected chi connectivity index (χ0v) is 11.1. The van der Waals surface area contributed by atoms with Gasteiger partial charge in [-0.15, -0.1) is 0 Å². The van der Waals surface area contributed by atoms with Gasteiger partial charge < -0.3 is 10.5 Å². The molecular formula is C14H18F3NO. The molecule has 0 fully saturated rings. The molecule has 1 aliphatic rings. The fourth-order valence-electron chi connectivity index (χ4n) is 2.64. The number of para-hydroxylation sites is 1. The van der Waals surface area contributed by atoms with E-state index in [1.165, 1.54) is 6.07 Å². The van der Waals surface area contributed by atoms with Gasteiger partial charge in [0.2, 0.25) is 0 Å². The average molecular weight is 273 g/mol. The number of alkyl halides is 3. The van der Waals surface area contributed by atoms with Gasteiger partial charge in [-0.2, -0.15) is 13.2 Å². The van der Waals surface area contributed by atoms with Crippen LogP contribution >= 0.6 is 0 Å². The molecule has 1 aliphatic heterocycles. The molecule has 1 heterocycles. The molecule has 0 aromatic heterocycles. The summed E-state index contributed by atoms with van der Waals surface area (Å²) in [5, 5.41) is 0. The molecular weight excluding hydrogens is 255 g/mol. The maximum atomic E-state index is 13.0. The second-order valence-electron chi connectivity index (χ2n) is 5.02. The summed E-state index contributed by atoms with van der Waals surface area (Å²) in [6.45, 7) is 3.83. The lowest BCUT2D eigenvalue weighted by Crippen LogP contribution is -2.42. The number of nitrogens with two attached hydrogens (primary N) is 1. The largest absolute Gasteiger partial charge is 0.486 e. The highest BCUT2D eigenvalue weighted by molar-refractivity contribution is 5.47. The van der Waals surface area contributed by atoms with E-state index in [0.717, 1.165) is 6.07 Å². The van der Waals surface area contributed by atoms with E-state index in [-0.39, 0.29) is 5.75 Å². The molecule has 19 heavy (non-hydrogen) atoms. The Bertz CT molecular complexity index is 466. The lowest BCUT2D eigenvalue weighted by molar-refractivity contribution is -0.140. The topological polar surface area (TPSA) is 35.2 Å². The quantitative estimate of drug-likeness (QED) is 0.882. The van der Waals surface area contributed by atoms with Crippen LogP contribution in [-0.2, 0) is 6.18 Å². The van der Waals surface area contributed by atoms with E-state index in [1.807, 2.05) is 13.8 Å². The third-order valence-corrected chi connectivity index (χ3v) is 3.95.